The summed E-state index contributed by atoms with van der Waals surface area (Å²) in [6.07, 6.45) is 17.9. The molecule has 119 heavy (non-hydrogen) atoms. The van der Waals surface area contributed by atoms with Crippen molar-refractivity contribution in [2.24, 2.45) is 11.8 Å². The quantitative estimate of drug-likeness (QED) is 0.0375. The van der Waals surface area contributed by atoms with Gasteiger partial charge in [0.05, 0.1) is 96.8 Å². The Hall–Kier alpha value is -13.1. The van der Waals surface area contributed by atoms with Gasteiger partial charge in [-0.15, -0.1) is 0 Å². The highest BCUT2D eigenvalue weighted by Gasteiger charge is 2.30. The zero-order valence-corrected chi connectivity index (χ0v) is 67.2. The molecule has 5 aromatic carbocycles. The lowest BCUT2D eigenvalue weighted by Crippen LogP contribution is -2.13. The van der Waals surface area contributed by atoms with E-state index in [-0.39, 0.29) is 35.2 Å². The highest BCUT2D eigenvalue weighted by atomic mass is 35.5. The molecule has 2 aliphatic carbocycles. The summed E-state index contributed by atoms with van der Waals surface area (Å²) >= 11 is 12.2. The van der Waals surface area contributed by atoms with E-state index in [0.717, 1.165) is 110 Å². The van der Waals surface area contributed by atoms with Crippen molar-refractivity contribution in [1.29, 1.82) is 0 Å². The minimum absolute atomic E-state index is 0.0695. The molecule has 0 atom stereocenters. The first kappa shape index (κ1) is 83.9. The fourth-order valence-corrected chi connectivity index (χ4v) is 14.7. The maximum absolute atomic E-state index is 12.6. The average molecular weight is 1650 g/mol. The second-order valence-corrected chi connectivity index (χ2v) is 30.4. The van der Waals surface area contributed by atoms with Crippen molar-refractivity contribution in [2.75, 3.05) is 0 Å². The van der Waals surface area contributed by atoms with Crippen molar-refractivity contribution in [2.45, 2.75) is 144 Å². The molecule has 10 heterocycles. The van der Waals surface area contributed by atoms with Gasteiger partial charge in [0, 0.05) is 157 Å². The van der Waals surface area contributed by atoms with Gasteiger partial charge in [-0.3, -0.25) is 48.3 Å². The maximum atomic E-state index is 12.6. The van der Waals surface area contributed by atoms with Gasteiger partial charge in [0.15, 0.2) is 0 Å². The predicted molar refractivity (Wildman–Crippen MR) is 445 cm³/mol. The topological polar surface area (TPSA) is 340 Å². The summed E-state index contributed by atoms with van der Waals surface area (Å²) in [6, 6.07) is 36.9. The van der Waals surface area contributed by atoms with E-state index in [1.807, 2.05) is 53.0 Å². The zero-order chi connectivity index (χ0) is 84.3. The van der Waals surface area contributed by atoms with Crippen molar-refractivity contribution in [3.63, 3.8) is 0 Å². The molecule has 30 heteroatoms. The molecule has 17 rings (SSSR count). The lowest BCUT2D eigenvalue weighted by molar-refractivity contribution is -0.137. The van der Waals surface area contributed by atoms with Gasteiger partial charge >= 0.3 is 36.0 Å². The summed E-state index contributed by atoms with van der Waals surface area (Å²) in [7, 11) is 0. The summed E-state index contributed by atoms with van der Waals surface area (Å²) in [5.41, 5.74) is 16.7. The molecule has 0 unspecified atom stereocenters. The van der Waals surface area contributed by atoms with Crippen molar-refractivity contribution in [3.8, 4) is 0 Å². The number of hydrogen-bond acceptors (Lipinski definition) is 15. The summed E-state index contributed by atoms with van der Waals surface area (Å²) < 4.78 is 47.0. The van der Waals surface area contributed by atoms with Gasteiger partial charge in [-0.1, -0.05) is 65.0 Å². The van der Waals surface area contributed by atoms with E-state index in [2.05, 4.69) is 108 Å². The van der Waals surface area contributed by atoms with Gasteiger partial charge in [-0.2, -0.15) is 38.7 Å². The van der Waals surface area contributed by atoms with Crippen molar-refractivity contribution in [3.05, 3.63) is 294 Å². The Bertz CT molecular complexity index is 6150. The molecule has 0 saturated heterocycles. The van der Waals surface area contributed by atoms with Crippen molar-refractivity contribution in [1.82, 2.24) is 73.8 Å². The van der Waals surface area contributed by atoms with Crippen molar-refractivity contribution >= 4 is 108 Å². The smallest absolute Gasteiger partial charge is 0.390 e. The van der Waals surface area contributed by atoms with Crippen LogP contribution in [0.3, 0.4) is 0 Å². The molecule has 5 N–H and O–H groups in total. The van der Waals surface area contributed by atoms with E-state index in [0.29, 0.717) is 91.6 Å². The van der Waals surface area contributed by atoms with Crippen LogP contribution in [0.25, 0.3) is 54.5 Å². The number of carbonyl (C=O) groups is 5. The predicted octanol–water partition coefficient (Wildman–Crippen LogP) is 18.0. The third-order valence-corrected chi connectivity index (χ3v) is 21.1. The van der Waals surface area contributed by atoms with Crippen LogP contribution in [0.2, 0.25) is 10.0 Å². The molecule has 2 saturated carbocycles. The van der Waals surface area contributed by atoms with Gasteiger partial charge in [-0.05, 0) is 203 Å². The van der Waals surface area contributed by atoms with Crippen LogP contribution in [0.5, 0.6) is 0 Å². The van der Waals surface area contributed by atoms with E-state index in [4.69, 9.17) is 38.5 Å². The first-order valence-corrected chi connectivity index (χ1v) is 39.5. The summed E-state index contributed by atoms with van der Waals surface area (Å²) in [5, 5.41) is 75.7. The number of aromatic carboxylic acids is 5. The number of carboxylic acid groups (broad SMARTS) is 5. The van der Waals surface area contributed by atoms with Crippen LogP contribution in [0.1, 0.15) is 177 Å². The number of aryl methyl sites for hydroxylation is 6. The maximum Gasteiger partial charge on any atom is 0.390 e. The Kier molecular flexibility index (Phi) is 26.1. The number of fused-ring (bicyclic) bond motifs is 5. The monoisotopic (exact) mass is 1650 g/mol. The Morgan fingerprint density at radius 2 is 0.630 bits per heavy atom. The number of benzene rings is 5. The van der Waals surface area contributed by atoms with E-state index in [9.17, 15) is 62.7 Å². The van der Waals surface area contributed by atoms with Crippen LogP contribution in [-0.4, -0.2) is 135 Å². The molecule has 0 spiro atoms. The van der Waals surface area contributed by atoms with E-state index in [1.54, 1.807) is 49.1 Å². The van der Waals surface area contributed by atoms with Crippen LogP contribution in [0, 0.1) is 32.6 Å². The number of hydrogen-bond donors (Lipinski definition) is 5. The largest absolute Gasteiger partial charge is 0.478 e. The second kappa shape index (κ2) is 37.0. The molecule has 0 aliphatic heterocycles. The molecule has 2 aliphatic rings. The van der Waals surface area contributed by atoms with Gasteiger partial charge < -0.3 is 25.5 Å². The number of alkyl halides is 3. The fourth-order valence-electron chi connectivity index (χ4n) is 14.3. The lowest BCUT2D eigenvalue weighted by atomic mass is 10.0. The number of carboxylic acids is 5. The molecule has 15 aromatic rings. The summed E-state index contributed by atoms with van der Waals surface area (Å²) in [4.78, 5) is 77.1. The molecule has 10 aromatic heterocycles. The third-order valence-electron chi connectivity index (χ3n) is 20.6. The van der Waals surface area contributed by atoms with Crippen LogP contribution < -0.4 is 0 Å². The third kappa shape index (κ3) is 20.7. The zero-order valence-electron chi connectivity index (χ0n) is 65.7. The highest BCUT2D eigenvalue weighted by molar-refractivity contribution is 6.31. The normalized spacial score (nSPS) is 12.5. The van der Waals surface area contributed by atoms with E-state index < -0.39 is 42.4 Å². The summed E-state index contributed by atoms with van der Waals surface area (Å²) in [5.74, 6) is -3.43. The molecule has 610 valence electrons. The highest BCUT2D eigenvalue weighted by Crippen LogP contribution is 2.36. The van der Waals surface area contributed by atoms with Crippen LogP contribution in [-0.2, 0) is 64.8 Å². The van der Waals surface area contributed by atoms with Gasteiger partial charge in [0.2, 0.25) is 0 Å². The first-order chi connectivity index (χ1) is 57.2. The Morgan fingerprint density at radius 3 is 0.908 bits per heavy atom. The second-order valence-electron chi connectivity index (χ2n) is 29.6. The van der Waals surface area contributed by atoms with E-state index in [1.165, 1.54) is 103 Å². The molecule has 25 nitrogen and oxygen atoms in total. The molecule has 0 radical (unpaired) electrons. The standard InChI is InChI=1S/C19H19N3O2.C18H16ClN3O2.C18H19N3O2.C17H13ClF3N3O2.C17H17N3O2/c1-12-2-5-18-16(8-12)17(21-22(18)11-13-3-4-13)9-14-10-20-7-6-15(14)19(23)24;19-13-3-4-17-15(8-13)16(21-22(17)10-11-1-2-11)7-12-9-20-6-5-14(12)18(23)24;1-3-8-21-17-5-4-12(2)9-15(17)16(20-21)10-13-11-19-7-6-14(13)18(22)23;18-11-1-2-15-13(8-11)14(23-24(15)6-4-17(19,20)21)7-10-9-22-5-3-12(10)16(25)26;1-3-20-16-5-4-11(2)8-14(16)15(19-20)9-12-10-18-7-6-13(12)17(21)22/h2,5-8,10,13H,3-4,9,11H2,1H3,(H,23,24);3-6,8-9,11H,1-2,7,10H2,(H,23,24);4-7,9,11H,3,8,10H2,1-2H3,(H,22,23);1-3,5,8-9H,4,6-7H2,(H,25,26);4-8,10H,3,9H2,1-2H3,(H,21,22). The minimum atomic E-state index is -4.30. The number of aromatic nitrogens is 15. The van der Waals surface area contributed by atoms with Crippen LogP contribution in [0.4, 0.5) is 13.2 Å². The number of halogens is 5. The fraction of sp³-hybridized carbons (Fsp3) is 0.270. The minimum Gasteiger partial charge on any atom is -0.478 e. The lowest BCUT2D eigenvalue weighted by Gasteiger charge is -2.07. The molecular weight excluding hydrogens is 1570 g/mol. The van der Waals surface area contributed by atoms with Crippen molar-refractivity contribution < 1.29 is 62.7 Å². The van der Waals surface area contributed by atoms with Gasteiger partial charge in [0.25, 0.3) is 0 Å². The first-order valence-electron chi connectivity index (χ1n) is 38.7. The average Bonchev–Trinajstić information content (AvgIpc) is 1.67. The van der Waals surface area contributed by atoms with E-state index >= 15 is 0 Å². The number of rotatable bonds is 24. The molecular formula is C89H84Cl2F3N15O10. The Labute approximate surface area is 690 Å². The molecule has 2 fully saturated rings. The van der Waals surface area contributed by atoms with Crippen LogP contribution in [0.15, 0.2) is 183 Å². The summed E-state index contributed by atoms with van der Waals surface area (Å²) in [6.45, 7) is 13.4. The SMILES string of the molecule is CCCn1nc(Cc2cnccc2C(=O)O)c2cc(C)ccc21.CCn1nc(Cc2cnccc2C(=O)O)c2cc(C)ccc21.Cc1ccc2c(c1)c(Cc1cnccc1C(=O)O)nn2CC1CC1.O=C(O)c1ccncc1Cc1nn(CC2CC2)c2ccc(Cl)cc12.O=C(O)c1ccncc1Cc1nn(CCC(F)(F)F)c2ccc(Cl)cc12. The van der Waals surface area contributed by atoms with Gasteiger partial charge in [-0.25, -0.2) is 24.0 Å². The van der Waals surface area contributed by atoms with Crippen LogP contribution >= 0.6 is 23.2 Å². The molecule has 0 bridgehead atoms. The number of nitrogens with zero attached hydrogens (tertiary/aromatic N) is 15. The Balaban J connectivity index is 0.000000129. The Morgan fingerprint density at radius 1 is 0.370 bits per heavy atom. The number of pyridine rings is 5. The molecule has 0 amide bonds. The van der Waals surface area contributed by atoms with Gasteiger partial charge in [0.1, 0.15) is 0 Å².